The summed E-state index contributed by atoms with van der Waals surface area (Å²) in [7, 11) is 0. The highest BCUT2D eigenvalue weighted by molar-refractivity contribution is 7.71. The van der Waals surface area contributed by atoms with E-state index in [-0.39, 0.29) is 6.04 Å². The van der Waals surface area contributed by atoms with Crippen LogP contribution in [0.4, 0.5) is 0 Å². The van der Waals surface area contributed by atoms with E-state index in [1.165, 1.54) is 0 Å². The van der Waals surface area contributed by atoms with Gasteiger partial charge in [0.2, 0.25) is 0 Å². The summed E-state index contributed by atoms with van der Waals surface area (Å²) in [5, 5.41) is 0. The molecule has 10 heavy (non-hydrogen) atoms. The Morgan fingerprint density at radius 1 is 1.80 bits per heavy atom. The van der Waals surface area contributed by atoms with E-state index in [0.717, 1.165) is 5.69 Å². The molecule has 3 nitrogen and oxygen atoms in total. The van der Waals surface area contributed by atoms with Crippen LogP contribution < -0.4 is 5.73 Å². The molecule has 0 aliphatic rings. The molecule has 0 saturated carbocycles. The fourth-order valence-corrected chi connectivity index (χ4v) is 0.827. The summed E-state index contributed by atoms with van der Waals surface area (Å²) in [6.45, 7) is 1.89. The van der Waals surface area contributed by atoms with Crippen molar-refractivity contribution >= 4 is 12.2 Å². The Morgan fingerprint density at radius 3 is 2.90 bits per heavy atom. The van der Waals surface area contributed by atoms with Gasteiger partial charge in [-0.2, -0.15) is 0 Å². The lowest BCUT2D eigenvalue weighted by atomic mass is 10.2. The van der Waals surface area contributed by atoms with Gasteiger partial charge in [-0.3, -0.25) is 0 Å². The molecule has 0 aliphatic carbocycles. The van der Waals surface area contributed by atoms with Crippen molar-refractivity contribution in [2.75, 3.05) is 0 Å². The molecule has 1 aromatic rings. The fraction of sp³-hybridized carbons (Fsp3) is 0.333. The lowest BCUT2D eigenvalue weighted by molar-refractivity contribution is 0.771. The zero-order valence-electron chi connectivity index (χ0n) is 5.66. The minimum atomic E-state index is -0.00954. The highest BCUT2D eigenvalue weighted by atomic mass is 32.1. The van der Waals surface area contributed by atoms with E-state index in [4.69, 9.17) is 18.0 Å². The molecule has 0 unspecified atom stereocenters. The summed E-state index contributed by atoms with van der Waals surface area (Å²) < 4.78 is 0.481. The Balaban J connectivity index is 3.07. The van der Waals surface area contributed by atoms with Gasteiger partial charge in [0.25, 0.3) is 0 Å². The summed E-state index contributed by atoms with van der Waals surface area (Å²) in [6, 6.07) is 1.81. The molecule has 0 aromatic carbocycles. The molecule has 4 heteroatoms. The van der Waals surface area contributed by atoms with Crippen molar-refractivity contribution in [1.82, 2.24) is 9.97 Å². The van der Waals surface area contributed by atoms with Gasteiger partial charge in [-0.1, -0.05) is 0 Å². The lowest BCUT2D eigenvalue weighted by Crippen LogP contribution is -2.07. The van der Waals surface area contributed by atoms with Crippen LogP contribution in [0.5, 0.6) is 0 Å². The Kier molecular flexibility index (Phi) is 2.13. The van der Waals surface area contributed by atoms with Crippen LogP contribution in [0.1, 0.15) is 18.7 Å². The van der Waals surface area contributed by atoms with Crippen LogP contribution in [0.25, 0.3) is 0 Å². The number of H-pyrrole nitrogens is 1. The Hall–Kier alpha value is -0.740. The smallest absolute Gasteiger partial charge is 0.196 e. The first-order valence-corrected chi connectivity index (χ1v) is 3.42. The van der Waals surface area contributed by atoms with Crippen LogP contribution >= 0.6 is 12.2 Å². The number of nitrogens with two attached hydrogens (primary N) is 1. The van der Waals surface area contributed by atoms with Crippen LogP contribution in [0.15, 0.2) is 12.3 Å². The maximum atomic E-state index is 5.58. The molecule has 54 valence electrons. The van der Waals surface area contributed by atoms with E-state index in [0.29, 0.717) is 4.77 Å². The summed E-state index contributed by atoms with van der Waals surface area (Å²) in [4.78, 5) is 6.71. The second-order valence-electron chi connectivity index (χ2n) is 2.12. The van der Waals surface area contributed by atoms with Gasteiger partial charge in [0.15, 0.2) is 4.77 Å². The quantitative estimate of drug-likeness (QED) is 0.598. The maximum Gasteiger partial charge on any atom is 0.196 e. The van der Waals surface area contributed by atoms with Crippen LogP contribution in [0, 0.1) is 4.77 Å². The number of nitrogens with zero attached hydrogens (tertiary/aromatic N) is 1. The van der Waals surface area contributed by atoms with Gasteiger partial charge in [0.1, 0.15) is 0 Å². The highest BCUT2D eigenvalue weighted by Crippen LogP contribution is 2.02. The van der Waals surface area contributed by atoms with Crippen molar-refractivity contribution in [1.29, 1.82) is 0 Å². The topological polar surface area (TPSA) is 54.7 Å². The van der Waals surface area contributed by atoms with Gasteiger partial charge in [0, 0.05) is 17.9 Å². The molecule has 3 N–H and O–H groups in total. The first kappa shape index (κ1) is 7.37. The number of aromatic amines is 1. The van der Waals surface area contributed by atoms with E-state index in [9.17, 15) is 0 Å². The Morgan fingerprint density at radius 2 is 2.50 bits per heavy atom. The third kappa shape index (κ3) is 1.62. The minimum absolute atomic E-state index is 0.00954. The van der Waals surface area contributed by atoms with Gasteiger partial charge in [0.05, 0.1) is 0 Å². The predicted octanol–water partition coefficient (Wildman–Crippen LogP) is 1.16. The van der Waals surface area contributed by atoms with Crippen LogP contribution in [-0.4, -0.2) is 9.97 Å². The summed E-state index contributed by atoms with van der Waals surface area (Å²) >= 11 is 4.80. The first-order valence-electron chi connectivity index (χ1n) is 3.01. The molecular weight excluding hydrogens is 146 g/mol. The summed E-state index contributed by atoms with van der Waals surface area (Å²) in [6.07, 6.45) is 1.65. The molecule has 0 spiro atoms. The molecule has 1 heterocycles. The zero-order valence-corrected chi connectivity index (χ0v) is 6.48. The number of hydrogen-bond donors (Lipinski definition) is 2. The van der Waals surface area contributed by atoms with Crippen molar-refractivity contribution < 1.29 is 0 Å². The van der Waals surface area contributed by atoms with E-state index in [1.807, 2.05) is 13.0 Å². The van der Waals surface area contributed by atoms with Crippen molar-refractivity contribution in [2.45, 2.75) is 13.0 Å². The average molecular weight is 155 g/mol. The van der Waals surface area contributed by atoms with E-state index in [1.54, 1.807) is 6.20 Å². The average Bonchev–Trinajstić information content (AvgIpc) is 1.88. The van der Waals surface area contributed by atoms with Crippen LogP contribution in [0.3, 0.4) is 0 Å². The van der Waals surface area contributed by atoms with Crippen LogP contribution in [0.2, 0.25) is 0 Å². The van der Waals surface area contributed by atoms with Crippen molar-refractivity contribution in [3.8, 4) is 0 Å². The fourth-order valence-electron chi connectivity index (χ4n) is 0.648. The third-order valence-corrected chi connectivity index (χ3v) is 1.40. The largest absolute Gasteiger partial charge is 0.333 e. The van der Waals surface area contributed by atoms with E-state index < -0.39 is 0 Å². The molecule has 0 radical (unpaired) electrons. The highest BCUT2D eigenvalue weighted by Gasteiger charge is 1.96. The van der Waals surface area contributed by atoms with Gasteiger partial charge in [-0.25, -0.2) is 4.98 Å². The van der Waals surface area contributed by atoms with Gasteiger partial charge in [-0.05, 0) is 25.2 Å². The first-order chi connectivity index (χ1) is 4.70. The molecule has 1 atom stereocenters. The summed E-state index contributed by atoms with van der Waals surface area (Å²) in [5.74, 6) is 0. The van der Waals surface area contributed by atoms with Gasteiger partial charge >= 0.3 is 0 Å². The van der Waals surface area contributed by atoms with Crippen LogP contribution in [-0.2, 0) is 0 Å². The Bertz CT molecular complexity index is 266. The number of aromatic nitrogens is 2. The molecule has 0 amide bonds. The van der Waals surface area contributed by atoms with Crippen molar-refractivity contribution in [2.24, 2.45) is 5.73 Å². The molecule has 0 bridgehead atoms. The van der Waals surface area contributed by atoms with Crippen molar-refractivity contribution in [3.63, 3.8) is 0 Å². The van der Waals surface area contributed by atoms with Gasteiger partial charge in [-0.15, -0.1) is 0 Å². The maximum absolute atomic E-state index is 5.58. The third-order valence-electron chi connectivity index (χ3n) is 1.19. The standard InChI is InChI=1S/C6H9N3S/c1-4(7)5-2-3-8-6(10)9-5/h2-4H,7H2,1H3,(H,8,9,10)/t4-/m0/s1. The predicted molar refractivity (Wildman–Crippen MR) is 42.0 cm³/mol. The molecular formula is C6H9N3S. The van der Waals surface area contributed by atoms with Gasteiger partial charge < -0.3 is 10.7 Å². The molecule has 0 fully saturated rings. The lowest BCUT2D eigenvalue weighted by Gasteiger charge is -2.02. The number of nitrogens with one attached hydrogen (secondary N) is 1. The molecule has 0 aliphatic heterocycles. The van der Waals surface area contributed by atoms with Crippen molar-refractivity contribution in [3.05, 3.63) is 22.7 Å². The van der Waals surface area contributed by atoms with E-state index in [2.05, 4.69) is 9.97 Å². The molecule has 1 aromatic heterocycles. The minimum Gasteiger partial charge on any atom is -0.333 e. The SMILES string of the molecule is C[C@H](N)c1ccnc(=S)[nH]1. The number of rotatable bonds is 1. The summed E-state index contributed by atoms with van der Waals surface area (Å²) in [5.41, 5.74) is 6.49. The second-order valence-corrected chi connectivity index (χ2v) is 2.51. The number of hydrogen-bond acceptors (Lipinski definition) is 3. The monoisotopic (exact) mass is 155 g/mol. The zero-order chi connectivity index (χ0) is 7.56. The molecule has 1 rings (SSSR count). The molecule has 0 saturated heterocycles. The normalized spacial score (nSPS) is 13.0. The Labute approximate surface area is 64.3 Å². The van der Waals surface area contributed by atoms with E-state index >= 15 is 0 Å². The second kappa shape index (κ2) is 2.90.